The summed E-state index contributed by atoms with van der Waals surface area (Å²) in [4.78, 5) is 29.8. The van der Waals surface area contributed by atoms with Gasteiger partial charge in [0.05, 0.1) is 18.8 Å². The number of benzene rings is 2. The Bertz CT molecular complexity index is 880. The van der Waals surface area contributed by atoms with Crippen molar-refractivity contribution in [2.24, 2.45) is 0 Å². The number of hydrogen-bond donors (Lipinski definition) is 1. The van der Waals surface area contributed by atoms with Gasteiger partial charge in [-0.2, -0.15) is 0 Å². The van der Waals surface area contributed by atoms with Crippen LogP contribution in [0.1, 0.15) is 32.1 Å². The second-order valence-electron chi connectivity index (χ2n) is 7.96. The van der Waals surface area contributed by atoms with Crippen molar-refractivity contribution in [1.82, 2.24) is 5.32 Å². The average Bonchev–Trinajstić information content (AvgIpc) is 2.80. The number of anilines is 2. The Kier molecular flexibility index (Phi) is 6.21. The quantitative estimate of drug-likeness (QED) is 0.826. The second-order valence-corrected chi connectivity index (χ2v) is 7.96. The highest BCUT2D eigenvalue weighted by molar-refractivity contribution is 5.97. The van der Waals surface area contributed by atoms with Crippen LogP contribution in [0.15, 0.2) is 54.6 Å². The maximum Gasteiger partial charge on any atom is 0.262 e. The molecule has 0 radical (unpaired) electrons. The van der Waals surface area contributed by atoms with E-state index in [1.165, 1.54) is 6.42 Å². The van der Waals surface area contributed by atoms with E-state index >= 15 is 0 Å². The summed E-state index contributed by atoms with van der Waals surface area (Å²) in [5.41, 5.74) is 1.79. The van der Waals surface area contributed by atoms with E-state index in [-0.39, 0.29) is 24.4 Å². The van der Waals surface area contributed by atoms with Crippen LogP contribution in [0.5, 0.6) is 5.75 Å². The molecule has 1 N–H and O–H groups in total. The Morgan fingerprint density at radius 3 is 2.47 bits per heavy atom. The first-order chi connectivity index (χ1) is 14.7. The maximum atomic E-state index is 13.6. The summed E-state index contributed by atoms with van der Waals surface area (Å²) < 4.78 is 5.88. The third-order valence-electron chi connectivity index (χ3n) is 5.97. The Hall–Kier alpha value is -3.02. The van der Waals surface area contributed by atoms with E-state index in [0.717, 1.165) is 37.1 Å². The third kappa shape index (κ3) is 4.27. The molecule has 2 amide bonds. The van der Waals surface area contributed by atoms with Crippen LogP contribution in [0.4, 0.5) is 11.4 Å². The van der Waals surface area contributed by atoms with E-state index in [2.05, 4.69) is 5.32 Å². The van der Waals surface area contributed by atoms with Crippen molar-refractivity contribution in [3.8, 4) is 5.75 Å². The molecule has 2 aromatic rings. The van der Waals surface area contributed by atoms with Crippen LogP contribution in [0.2, 0.25) is 0 Å². The lowest BCUT2D eigenvalue weighted by molar-refractivity contribution is -0.127. The molecule has 1 atom stereocenters. The molecule has 0 unspecified atom stereocenters. The van der Waals surface area contributed by atoms with Crippen molar-refractivity contribution in [3.63, 3.8) is 0 Å². The highest BCUT2D eigenvalue weighted by atomic mass is 16.5. The number of likely N-dealkylation sites (N-methyl/N-ethyl adjacent to an activating group) is 1. The van der Waals surface area contributed by atoms with Crippen LogP contribution in [0.3, 0.4) is 0 Å². The van der Waals surface area contributed by atoms with Crippen LogP contribution in [0, 0.1) is 0 Å². The van der Waals surface area contributed by atoms with Gasteiger partial charge < -0.3 is 19.9 Å². The summed E-state index contributed by atoms with van der Waals surface area (Å²) in [6.45, 7) is 0.551. The van der Waals surface area contributed by atoms with E-state index < -0.39 is 6.10 Å². The Balaban J connectivity index is 1.60. The van der Waals surface area contributed by atoms with Gasteiger partial charge in [0.15, 0.2) is 6.10 Å². The normalized spacial score (nSPS) is 18.8. The van der Waals surface area contributed by atoms with E-state index in [9.17, 15) is 9.59 Å². The first-order valence-corrected chi connectivity index (χ1v) is 10.8. The predicted molar refractivity (Wildman–Crippen MR) is 118 cm³/mol. The van der Waals surface area contributed by atoms with Crippen molar-refractivity contribution >= 4 is 23.2 Å². The van der Waals surface area contributed by atoms with Crippen LogP contribution < -0.4 is 19.9 Å². The number of ether oxygens (including phenoxy) is 1. The molecule has 158 valence electrons. The zero-order valence-corrected chi connectivity index (χ0v) is 17.4. The van der Waals surface area contributed by atoms with E-state index in [1.807, 2.05) is 64.4 Å². The number of nitrogens with one attached hydrogen (secondary N) is 1. The molecule has 1 fully saturated rings. The molecule has 1 saturated carbocycles. The van der Waals surface area contributed by atoms with Crippen molar-refractivity contribution in [2.75, 3.05) is 29.9 Å². The zero-order valence-electron chi connectivity index (χ0n) is 17.4. The SMILES string of the molecule is CNC(=O)[C@H]1CN(CC(=O)N(c2ccccc2)C2CCCCC2)c2ccccc2O1. The molecule has 6 nitrogen and oxygen atoms in total. The van der Waals surface area contributed by atoms with Gasteiger partial charge in [0.25, 0.3) is 5.91 Å². The topological polar surface area (TPSA) is 61.9 Å². The number of nitrogens with zero attached hydrogens (tertiary/aromatic N) is 2. The summed E-state index contributed by atoms with van der Waals surface area (Å²) in [5, 5.41) is 2.65. The molecule has 1 heterocycles. The molecular weight excluding hydrogens is 378 g/mol. The fraction of sp³-hybridized carbons (Fsp3) is 0.417. The minimum atomic E-state index is -0.641. The Morgan fingerprint density at radius 1 is 1.03 bits per heavy atom. The molecule has 0 spiro atoms. The van der Waals surface area contributed by atoms with E-state index in [4.69, 9.17) is 4.74 Å². The summed E-state index contributed by atoms with van der Waals surface area (Å²) in [6.07, 6.45) is 4.96. The van der Waals surface area contributed by atoms with Crippen LogP contribution in [0.25, 0.3) is 0 Å². The van der Waals surface area contributed by atoms with Crippen molar-refractivity contribution in [3.05, 3.63) is 54.6 Å². The number of carbonyl (C=O) groups excluding carboxylic acids is 2. The highest BCUT2D eigenvalue weighted by Crippen LogP contribution is 2.34. The molecule has 4 rings (SSSR count). The molecule has 30 heavy (non-hydrogen) atoms. The van der Waals surface area contributed by atoms with Gasteiger partial charge in [-0.3, -0.25) is 9.59 Å². The lowest BCUT2D eigenvalue weighted by Crippen LogP contribution is -2.52. The van der Waals surface area contributed by atoms with Crippen molar-refractivity contribution in [2.45, 2.75) is 44.2 Å². The number of hydrogen-bond acceptors (Lipinski definition) is 4. The third-order valence-corrected chi connectivity index (χ3v) is 5.97. The monoisotopic (exact) mass is 407 g/mol. The summed E-state index contributed by atoms with van der Waals surface area (Å²) in [7, 11) is 1.60. The summed E-state index contributed by atoms with van der Waals surface area (Å²) >= 11 is 0. The smallest absolute Gasteiger partial charge is 0.262 e. The van der Waals surface area contributed by atoms with Gasteiger partial charge in [-0.25, -0.2) is 0 Å². The van der Waals surface area contributed by atoms with Gasteiger partial charge in [-0.15, -0.1) is 0 Å². The average molecular weight is 408 g/mol. The molecule has 0 aromatic heterocycles. The lowest BCUT2D eigenvalue weighted by atomic mass is 9.93. The lowest BCUT2D eigenvalue weighted by Gasteiger charge is -2.39. The fourth-order valence-corrected chi connectivity index (χ4v) is 4.48. The van der Waals surface area contributed by atoms with Gasteiger partial charge in [-0.1, -0.05) is 49.6 Å². The minimum Gasteiger partial charge on any atom is -0.477 e. The fourth-order valence-electron chi connectivity index (χ4n) is 4.48. The number of rotatable bonds is 5. The molecule has 2 aromatic carbocycles. The van der Waals surface area contributed by atoms with Crippen LogP contribution >= 0.6 is 0 Å². The number of carbonyl (C=O) groups is 2. The Labute approximate surface area is 177 Å². The number of para-hydroxylation sites is 3. The van der Waals surface area contributed by atoms with Gasteiger partial charge in [0.1, 0.15) is 5.75 Å². The minimum absolute atomic E-state index is 0.0560. The van der Waals surface area contributed by atoms with E-state index in [1.54, 1.807) is 7.05 Å². The molecule has 1 aliphatic heterocycles. The number of fused-ring (bicyclic) bond motifs is 1. The largest absolute Gasteiger partial charge is 0.477 e. The molecular formula is C24H29N3O3. The van der Waals surface area contributed by atoms with Gasteiger partial charge in [-0.05, 0) is 37.1 Å². The molecule has 1 aliphatic carbocycles. The van der Waals surface area contributed by atoms with Gasteiger partial charge in [0, 0.05) is 18.8 Å². The van der Waals surface area contributed by atoms with Gasteiger partial charge >= 0.3 is 0 Å². The molecule has 2 aliphatic rings. The summed E-state index contributed by atoms with van der Waals surface area (Å²) in [6, 6.07) is 17.8. The summed E-state index contributed by atoms with van der Waals surface area (Å²) in [5.74, 6) is 0.503. The van der Waals surface area contributed by atoms with Gasteiger partial charge in [0.2, 0.25) is 5.91 Å². The predicted octanol–water partition coefficient (Wildman–Crippen LogP) is 3.37. The van der Waals surface area contributed by atoms with Crippen LogP contribution in [-0.2, 0) is 9.59 Å². The molecule has 0 bridgehead atoms. The van der Waals surface area contributed by atoms with E-state index in [0.29, 0.717) is 12.3 Å². The first kappa shape index (κ1) is 20.3. The maximum absolute atomic E-state index is 13.6. The second kappa shape index (κ2) is 9.20. The highest BCUT2D eigenvalue weighted by Gasteiger charge is 2.33. The standard InChI is InChI=1S/C24H29N3O3/c1-25-24(29)22-16-26(20-14-8-9-15-21(20)30-22)17-23(28)27(18-10-4-2-5-11-18)19-12-6-3-7-13-19/h2,4-5,8-11,14-15,19,22H,3,6-7,12-13,16-17H2,1H3,(H,25,29)/t22-/m1/s1. The molecule has 0 saturated heterocycles. The molecule has 6 heteroatoms. The Morgan fingerprint density at radius 2 is 1.73 bits per heavy atom. The number of amides is 2. The zero-order chi connectivity index (χ0) is 20.9. The van der Waals surface area contributed by atoms with Crippen molar-refractivity contribution < 1.29 is 14.3 Å². The van der Waals surface area contributed by atoms with Crippen molar-refractivity contribution in [1.29, 1.82) is 0 Å². The first-order valence-electron chi connectivity index (χ1n) is 10.8. The van der Waals surface area contributed by atoms with Crippen LogP contribution in [-0.4, -0.2) is 44.1 Å².